The van der Waals surface area contributed by atoms with Crippen LogP contribution >= 0.6 is 0 Å². The van der Waals surface area contributed by atoms with Crippen molar-refractivity contribution in [2.24, 2.45) is 0 Å². The zero-order chi connectivity index (χ0) is 24.7. The lowest BCUT2D eigenvalue weighted by atomic mass is 9.87. The van der Waals surface area contributed by atoms with Crippen molar-refractivity contribution in [1.29, 1.82) is 0 Å². The normalized spacial score (nSPS) is 17.2. The summed E-state index contributed by atoms with van der Waals surface area (Å²) in [6.07, 6.45) is 3.37. The monoisotopic (exact) mass is 472 g/mol. The van der Waals surface area contributed by atoms with Crippen LogP contribution in [0.1, 0.15) is 73.9 Å². The molecule has 2 aliphatic heterocycles. The highest BCUT2D eigenvalue weighted by Crippen LogP contribution is 2.38. The van der Waals surface area contributed by atoms with Crippen LogP contribution in [-0.2, 0) is 9.59 Å². The SMILES string of the molecule is Cc1cc(-c2[nH]c3ccc(C4CCN(C(=O)CN5CCCC5=O)CC4)cc3c2C(C)C)cc(C)n1. The number of aromatic amines is 1. The van der Waals surface area contributed by atoms with Crippen molar-refractivity contribution in [1.82, 2.24) is 19.8 Å². The van der Waals surface area contributed by atoms with Crippen LogP contribution in [0.5, 0.6) is 0 Å². The van der Waals surface area contributed by atoms with Crippen LogP contribution in [0, 0.1) is 13.8 Å². The number of benzene rings is 1. The lowest BCUT2D eigenvalue weighted by molar-refractivity contribution is -0.139. The van der Waals surface area contributed by atoms with Gasteiger partial charge in [0.2, 0.25) is 11.8 Å². The lowest BCUT2D eigenvalue weighted by Crippen LogP contribution is -2.44. The summed E-state index contributed by atoms with van der Waals surface area (Å²) >= 11 is 0. The lowest BCUT2D eigenvalue weighted by Gasteiger charge is -2.33. The molecule has 0 radical (unpaired) electrons. The molecule has 2 aliphatic rings. The van der Waals surface area contributed by atoms with Crippen molar-refractivity contribution in [2.75, 3.05) is 26.2 Å². The minimum absolute atomic E-state index is 0.0921. The molecule has 0 aliphatic carbocycles. The number of aromatic nitrogens is 2. The molecule has 184 valence electrons. The molecule has 6 heteroatoms. The molecule has 2 fully saturated rings. The van der Waals surface area contributed by atoms with Gasteiger partial charge in [-0.2, -0.15) is 0 Å². The maximum Gasteiger partial charge on any atom is 0.242 e. The van der Waals surface area contributed by atoms with E-state index in [-0.39, 0.29) is 18.4 Å². The highest BCUT2D eigenvalue weighted by molar-refractivity contribution is 5.92. The molecule has 2 saturated heterocycles. The average Bonchev–Trinajstić information content (AvgIpc) is 3.41. The van der Waals surface area contributed by atoms with Crippen molar-refractivity contribution in [3.63, 3.8) is 0 Å². The molecular formula is C29H36N4O2. The molecule has 0 saturated carbocycles. The predicted octanol–water partition coefficient (Wildman–Crippen LogP) is 5.30. The number of pyridine rings is 1. The van der Waals surface area contributed by atoms with Gasteiger partial charge in [-0.15, -0.1) is 0 Å². The summed E-state index contributed by atoms with van der Waals surface area (Å²) in [5.74, 6) is 1.04. The average molecular weight is 473 g/mol. The molecule has 0 unspecified atom stereocenters. The second-order valence-electron chi connectivity index (χ2n) is 10.6. The Morgan fingerprint density at radius 3 is 2.43 bits per heavy atom. The van der Waals surface area contributed by atoms with Crippen LogP contribution < -0.4 is 0 Å². The van der Waals surface area contributed by atoms with E-state index >= 15 is 0 Å². The van der Waals surface area contributed by atoms with Gasteiger partial charge in [-0.05, 0) is 80.3 Å². The molecular weight excluding hydrogens is 436 g/mol. The fraction of sp³-hybridized carbons (Fsp3) is 0.483. The highest BCUT2D eigenvalue weighted by Gasteiger charge is 2.28. The first-order chi connectivity index (χ1) is 16.8. The summed E-state index contributed by atoms with van der Waals surface area (Å²) in [4.78, 5) is 36.5. The highest BCUT2D eigenvalue weighted by atomic mass is 16.2. The van der Waals surface area contributed by atoms with E-state index in [0.717, 1.165) is 50.3 Å². The minimum Gasteiger partial charge on any atom is -0.354 e. The molecule has 1 aromatic carbocycles. The number of aryl methyl sites for hydroxylation is 2. The van der Waals surface area contributed by atoms with Gasteiger partial charge in [0, 0.05) is 53.9 Å². The van der Waals surface area contributed by atoms with Gasteiger partial charge in [0.25, 0.3) is 0 Å². The van der Waals surface area contributed by atoms with Crippen LogP contribution in [0.4, 0.5) is 0 Å². The topological polar surface area (TPSA) is 69.3 Å². The van der Waals surface area contributed by atoms with Crippen molar-refractivity contribution in [3.05, 3.63) is 52.8 Å². The number of piperidine rings is 1. The maximum atomic E-state index is 12.7. The number of rotatable bonds is 5. The summed E-state index contributed by atoms with van der Waals surface area (Å²) in [5.41, 5.74) is 8.33. The molecule has 0 bridgehead atoms. The fourth-order valence-electron chi connectivity index (χ4n) is 5.89. The van der Waals surface area contributed by atoms with Gasteiger partial charge in [0.05, 0.1) is 12.2 Å². The largest absolute Gasteiger partial charge is 0.354 e. The Balaban J connectivity index is 1.36. The molecule has 3 aromatic rings. The van der Waals surface area contributed by atoms with Gasteiger partial charge < -0.3 is 14.8 Å². The Hall–Kier alpha value is -3.15. The number of hydrogen-bond donors (Lipinski definition) is 1. The van der Waals surface area contributed by atoms with Gasteiger partial charge >= 0.3 is 0 Å². The Bertz CT molecular complexity index is 1250. The molecule has 2 aromatic heterocycles. The van der Waals surface area contributed by atoms with Gasteiger partial charge in [-0.1, -0.05) is 19.9 Å². The Morgan fingerprint density at radius 1 is 1.09 bits per heavy atom. The smallest absolute Gasteiger partial charge is 0.242 e. The third-order valence-corrected chi connectivity index (χ3v) is 7.63. The molecule has 1 N–H and O–H groups in total. The number of carbonyl (C=O) groups is 2. The third kappa shape index (κ3) is 4.71. The summed E-state index contributed by atoms with van der Waals surface area (Å²) in [6, 6.07) is 11.2. The minimum atomic E-state index is 0.0921. The standard InChI is InChI=1S/C29H36N4O2/c1-18(2)28-24-16-22(7-8-25(24)31-29(28)23-14-19(3)30-20(4)15-23)21-9-12-32(13-10-21)27(35)17-33-11-5-6-26(33)34/h7-8,14-16,18,21,31H,5-6,9-13,17H2,1-4H3. The Kier molecular flexibility index (Phi) is 6.39. The predicted molar refractivity (Wildman–Crippen MR) is 139 cm³/mol. The summed E-state index contributed by atoms with van der Waals surface area (Å²) < 4.78 is 0. The van der Waals surface area contributed by atoms with E-state index in [9.17, 15) is 9.59 Å². The number of H-pyrrole nitrogens is 1. The summed E-state index contributed by atoms with van der Waals surface area (Å²) in [7, 11) is 0. The van der Waals surface area contributed by atoms with E-state index in [0.29, 0.717) is 18.3 Å². The van der Waals surface area contributed by atoms with Crippen molar-refractivity contribution >= 4 is 22.7 Å². The second-order valence-corrected chi connectivity index (χ2v) is 10.6. The van der Waals surface area contributed by atoms with Crippen LogP contribution in [0.2, 0.25) is 0 Å². The van der Waals surface area contributed by atoms with Crippen molar-refractivity contribution in [3.8, 4) is 11.3 Å². The van der Waals surface area contributed by atoms with Crippen LogP contribution in [0.25, 0.3) is 22.2 Å². The van der Waals surface area contributed by atoms with E-state index in [1.807, 2.05) is 18.7 Å². The van der Waals surface area contributed by atoms with Crippen LogP contribution in [0.15, 0.2) is 30.3 Å². The molecule has 2 amide bonds. The number of likely N-dealkylation sites (tertiary alicyclic amines) is 2. The van der Waals surface area contributed by atoms with E-state index < -0.39 is 0 Å². The van der Waals surface area contributed by atoms with E-state index in [1.165, 1.54) is 33.3 Å². The Morgan fingerprint density at radius 2 is 1.80 bits per heavy atom. The van der Waals surface area contributed by atoms with E-state index in [1.54, 1.807) is 4.90 Å². The number of fused-ring (bicyclic) bond motifs is 1. The van der Waals surface area contributed by atoms with Crippen LogP contribution in [-0.4, -0.2) is 57.8 Å². The third-order valence-electron chi connectivity index (χ3n) is 7.63. The zero-order valence-corrected chi connectivity index (χ0v) is 21.4. The first-order valence-corrected chi connectivity index (χ1v) is 13.0. The molecule has 0 spiro atoms. The quantitative estimate of drug-likeness (QED) is 0.548. The summed E-state index contributed by atoms with van der Waals surface area (Å²) in [6.45, 7) is 11.1. The van der Waals surface area contributed by atoms with Gasteiger partial charge in [-0.3, -0.25) is 14.6 Å². The molecule has 0 atom stereocenters. The Labute approximate surface area is 207 Å². The molecule has 4 heterocycles. The first kappa shape index (κ1) is 23.6. The van der Waals surface area contributed by atoms with Gasteiger partial charge in [0.1, 0.15) is 0 Å². The number of hydrogen-bond acceptors (Lipinski definition) is 3. The zero-order valence-electron chi connectivity index (χ0n) is 21.4. The molecule has 6 nitrogen and oxygen atoms in total. The first-order valence-electron chi connectivity index (χ1n) is 13.0. The van der Waals surface area contributed by atoms with Crippen molar-refractivity contribution in [2.45, 2.75) is 65.2 Å². The maximum absolute atomic E-state index is 12.7. The van der Waals surface area contributed by atoms with E-state index in [2.05, 4.69) is 54.1 Å². The number of nitrogens with zero attached hydrogens (tertiary/aromatic N) is 3. The second kappa shape index (κ2) is 9.48. The van der Waals surface area contributed by atoms with Gasteiger partial charge in [0.15, 0.2) is 0 Å². The van der Waals surface area contributed by atoms with Crippen LogP contribution in [0.3, 0.4) is 0 Å². The van der Waals surface area contributed by atoms with E-state index in [4.69, 9.17) is 0 Å². The van der Waals surface area contributed by atoms with Crippen molar-refractivity contribution < 1.29 is 9.59 Å². The summed E-state index contributed by atoms with van der Waals surface area (Å²) in [5, 5.41) is 1.30. The fourth-order valence-corrected chi connectivity index (χ4v) is 5.89. The number of amides is 2. The molecule has 35 heavy (non-hydrogen) atoms. The van der Waals surface area contributed by atoms with Gasteiger partial charge in [-0.25, -0.2) is 0 Å². The number of carbonyl (C=O) groups excluding carboxylic acids is 2. The molecule has 5 rings (SSSR count). The number of nitrogens with one attached hydrogen (secondary N) is 1.